The van der Waals surface area contributed by atoms with Gasteiger partial charge in [-0.2, -0.15) is 5.26 Å². The highest BCUT2D eigenvalue weighted by Crippen LogP contribution is 2.37. The van der Waals surface area contributed by atoms with Crippen LogP contribution in [0.25, 0.3) is 6.08 Å². The number of benzene rings is 2. The van der Waals surface area contributed by atoms with Crippen molar-refractivity contribution in [1.82, 2.24) is 0 Å². The number of allylic oxidation sites excluding steroid dienone is 1. The zero-order valence-corrected chi connectivity index (χ0v) is 16.2. The van der Waals surface area contributed by atoms with Gasteiger partial charge < -0.3 is 9.47 Å². The Labute approximate surface area is 166 Å². The molecule has 0 aliphatic heterocycles. The van der Waals surface area contributed by atoms with Crippen molar-refractivity contribution in [2.24, 2.45) is 0 Å². The molecule has 0 radical (unpaired) electrons. The van der Waals surface area contributed by atoms with Crippen LogP contribution in [0, 0.1) is 11.3 Å². The fourth-order valence-electron chi connectivity index (χ4n) is 2.30. The topological polar surface area (TPSA) is 59.3 Å². The van der Waals surface area contributed by atoms with Gasteiger partial charge in [-0.15, -0.1) is 0 Å². The molecular formula is C19H14Cl3NO3. The van der Waals surface area contributed by atoms with Gasteiger partial charge in [0.1, 0.15) is 11.6 Å². The molecule has 0 aliphatic rings. The SMILES string of the molecule is CCOc1cc(/C=C(\C#N)C(=O)c2c(Cl)cccc2Cl)cc(Cl)c1OC. The predicted octanol–water partition coefficient (Wildman–Crippen LogP) is 5.84. The van der Waals surface area contributed by atoms with E-state index in [1.54, 1.807) is 18.2 Å². The van der Waals surface area contributed by atoms with Gasteiger partial charge in [-0.3, -0.25) is 4.79 Å². The number of ketones is 1. The largest absolute Gasteiger partial charge is 0.491 e. The molecule has 0 aromatic heterocycles. The molecule has 0 saturated heterocycles. The third-order valence-corrected chi connectivity index (χ3v) is 4.31. The van der Waals surface area contributed by atoms with Crippen molar-refractivity contribution in [2.75, 3.05) is 13.7 Å². The van der Waals surface area contributed by atoms with E-state index in [4.69, 9.17) is 44.3 Å². The molecule has 0 saturated carbocycles. The zero-order valence-electron chi connectivity index (χ0n) is 14.0. The summed E-state index contributed by atoms with van der Waals surface area (Å²) in [5.41, 5.74) is 0.448. The normalized spacial score (nSPS) is 11.0. The van der Waals surface area contributed by atoms with Gasteiger partial charge in [-0.1, -0.05) is 40.9 Å². The van der Waals surface area contributed by atoms with Crippen LogP contribution in [-0.2, 0) is 0 Å². The number of rotatable bonds is 6. The third-order valence-electron chi connectivity index (χ3n) is 3.40. The van der Waals surface area contributed by atoms with E-state index in [9.17, 15) is 10.1 Å². The number of hydrogen-bond donors (Lipinski definition) is 0. The van der Waals surface area contributed by atoms with E-state index in [-0.39, 0.29) is 21.2 Å². The molecule has 2 aromatic carbocycles. The molecule has 4 nitrogen and oxygen atoms in total. The van der Waals surface area contributed by atoms with Crippen LogP contribution in [0.15, 0.2) is 35.9 Å². The Morgan fingerprint density at radius 1 is 1.19 bits per heavy atom. The smallest absolute Gasteiger partial charge is 0.206 e. The molecule has 0 atom stereocenters. The van der Waals surface area contributed by atoms with Gasteiger partial charge in [0.05, 0.1) is 34.3 Å². The first kappa shape index (κ1) is 20.1. The molecular weight excluding hydrogens is 397 g/mol. The summed E-state index contributed by atoms with van der Waals surface area (Å²) in [4.78, 5) is 12.7. The number of hydrogen-bond acceptors (Lipinski definition) is 4. The van der Waals surface area contributed by atoms with E-state index in [0.717, 1.165) is 0 Å². The maximum absolute atomic E-state index is 12.7. The molecule has 7 heteroatoms. The Hall–Kier alpha value is -2.19. The van der Waals surface area contributed by atoms with Gasteiger partial charge in [-0.25, -0.2) is 0 Å². The Kier molecular flexibility index (Phi) is 6.93. The van der Waals surface area contributed by atoms with Gasteiger partial charge in [0.2, 0.25) is 5.78 Å². The van der Waals surface area contributed by atoms with Crippen molar-refractivity contribution < 1.29 is 14.3 Å². The molecule has 0 spiro atoms. The molecule has 0 N–H and O–H groups in total. The van der Waals surface area contributed by atoms with Gasteiger partial charge in [0.15, 0.2) is 11.5 Å². The molecule has 0 bridgehead atoms. The first-order valence-electron chi connectivity index (χ1n) is 7.53. The van der Waals surface area contributed by atoms with Gasteiger partial charge in [0, 0.05) is 0 Å². The van der Waals surface area contributed by atoms with Crippen LogP contribution in [0.1, 0.15) is 22.8 Å². The van der Waals surface area contributed by atoms with Crippen LogP contribution in [-0.4, -0.2) is 19.5 Å². The molecule has 26 heavy (non-hydrogen) atoms. The van der Waals surface area contributed by atoms with Gasteiger partial charge >= 0.3 is 0 Å². The number of nitrogens with zero attached hydrogens (tertiary/aromatic N) is 1. The second-order valence-corrected chi connectivity index (χ2v) is 6.28. The molecule has 0 amide bonds. The molecule has 134 valence electrons. The Morgan fingerprint density at radius 2 is 1.85 bits per heavy atom. The second kappa shape index (κ2) is 8.95. The molecule has 0 aliphatic carbocycles. The van der Waals surface area contributed by atoms with E-state index in [1.807, 2.05) is 13.0 Å². The molecule has 0 heterocycles. The number of Topliss-reactive ketones (excluding diaryl/α,β-unsaturated/α-hetero) is 1. The summed E-state index contributed by atoms with van der Waals surface area (Å²) >= 11 is 18.3. The number of ether oxygens (including phenoxy) is 2. The Morgan fingerprint density at radius 3 is 2.38 bits per heavy atom. The van der Waals surface area contributed by atoms with Crippen molar-refractivity contribution in [3.05, 3.63) is 62.1 Å². The first-order valence-corrected chi connectivity index (χ1v) is 8.67. The summed E-state index contributed by atoms with van der Waals surface area (Å²) in [6.07, 6.45) is 1.40. The summed E-state index contributed by atoms with van der Waals surface area (Å²) in [5.74, 6) is 0.215. The first-order chi connectivity index (χ1) is 12.4. The van der Waals surface area contributed by atoms with Crippen LogP contribution in [0.5, 0.6) is 11.5 Å². The highest BCUT2D eigenvalue weighted by molar-refractivity contribution is 6.41. The molecule has 0 unspecified atom stereocenters. The van der Waals surface area contributed by atoms with Crippen LogP contribution in [0.3, 0.4) is 0 Å². The summed E-state index contributed by atoms with van der Waals surface area (Å²) < 4.78 is 10.7. The van der Waals surface area contributed by atoms with Crippen molar-refractivity contribution in [1.29, 1.82) is 5.26 Å². The molecule has 2 rings (SSSR count). The summed E-state index contributed by atoms with van der Waals surface area (Å²) in [7, 11) is 1.48. The predicted molar refractivity (Wildman–Crippen MR) is 104 cm³/mol. The lowest BCUT2D eigenvalue weighted by atomic mass is 10.0. The van der Waals surface area contributed by atoms with Gasteiger partial charge in [-0.05, 0) is 42.8 Å². The highest BCUT2D eigenvalue weighted by atomic mass is 35.5. The minimum absolute atomic E-state index is 0.0771. The summed E-state index contributed by atoms with van der Waals surface area (Å²) in [5, 5.41) is 10.1. The van der Waals surface area contributed by atoms with Crippen molar-refractivity contribution in [2.45, 2.75) is 6.92 Å². The van der Waals surface area contributed by atoms with E-state index in [1.165, 1.54) is 25.3 Å². The average Bonchev–Trinajstić information content (AvgIpc) is 2.59. The number of halogens is 3. The number of carbonyl (C=O) groups excluding carboxylic acids is 1. The number of nitriles is 1. The third kappa shape index (κ3) is 4.31. The summed E-state index contributed by atoms with van der Waals surface area (Å²) in [6.45, 7) is 2.22. The van der Waals surface area contributed by atoms with Crippen molar-refractivity contribution in [3.8, 4) is 17.6 Å². The minimum atomic E-state index is -0.576. The van der Waals surface area contributed by atoms with E-state index in [0.29, 0.717) is 28.7 Å². The Bertz CT molecular complexity index is 897. The molecule has 0 fully saturated rings. The number of carbonyl (C=O) groups is 1. The van der Waals surface area contributed by atoms with Crippen molar-refractivity contribution in [3.63, 3.8) is 0 Å². The molecule has 2 aromatic rings. The van der Waals surface area contributed by atoms with E-state index in [2.05, 4.69) is 0 Å². The van der Waals surface area contributed by atoms with E-state index < -0.39 is 5.78 Å². The lowest BCUT2D eigenvalue weighted by molar-refractivity contribution is 0.104. The van der Waals surface area contributed by atoms with Crippen molar-refractivity contribution >= 4 is 46.7 Å². The lowest BCUT2D eigenvalue weighted by Gasteiger charge is -2.12. The summed E-state index contributed by atoms with van der Waals surface area (Å²) in [6, 6.07) is 9.77. The van der Waals surface area contributed by atoms with Crippen LogP contribution >= 0.6 is 34.8 Å². The van der Waals surface area contributed by atoms with Crippen LogP contribution < -0.4 is 9.47 Å². The maximum Gasteiger partial charge on any atom is 0.206 e. The quantitative estimate of drug-likeness (QED) is 0.341. The fraction of sp³-hybridized carbons (Fsp3) is 0.158. The monoisotopic (exact) mass is 409 g/mol. The highest BCUT2D eigenvalue weighted by Gasteiger charge is 2.19. The number of methoxy groups -OCH3 is 1. The van der Waals surface area contributed by atoms with E-state index >= 15 is 0 Å². The minimum Gasteiger partial charge on any atom is -0.491 e. The lowest BCUT2D eigenvalue weighted by Crippen LogP contribution is -2.04. The average molecular weight is 411 g/mol. The zero-order chi connectivity index (χ0) is 19.3. The standard InChI is InChI=1S/C19H14Cl3NO3/c1-3-26-16-9-11(8-15(22)19(16)25-2)7-12(10-23)18(24)17-13(20)5-4-6-14(17)21/h4-9H,3H2,1-2H3/b12-7+. The van der Waals surface area contributed by atoms with Gasteiger partial charge in [0.25, 0.3) is 0 Å². The fourth-order valence-corrected chi connectivity index (χ4v) is 3.16. The van der Waals surface area contributed by atoms with Crippen LogP contribution in [0.4, 0.5) is 0 Å². The second-order valence-electron chi connectivity index (χ2n) is 5.06. The van der Waals surface area contributed by atoms with Crippen LogP contribution in [0.2, 0.25) is 15.1 Å². The maximum atomic E-state index is 12.7. The Balaban J connectivity index is 2.53.